The summed E-state index contributed by atoms with van der Waals surface area (Å²) in [6, 6.07) is 10.2. The van der Waals surface area contributed by atoms with Crippen molar-refractivity contribution in [1.82, 2.24) is 8.96 Å². The predicted octanol–water partition coefficient (Wildman–Crippen LogP) is 3.50. The monoisotopic (exact) mass is 398 g/mol. The van der Waals surface area contributed by atoms with Gasteiger partial charge in [0.1, 0.15) is 5.82 Å². The van der Waals surface area contributed by atoms with Crippen LogP contribution >= 0.6 is 0 Å². The van der Waals surface area contributed by atoms with Gasteiger partial charge in [0.15, 0.2) is 0 Å². The number of benzene rings is 2. The summed E-state index contributed by atoms with van der Waals surface area (Å²) in [4.78, 5) is 15.4. The van der Waals surface area contributed by atoms with E-state index >= 15 is 0 Å². The van der Waals surface area contributed by atoms with Gasteiger partial charge in [-0.25, -0.2) is 16.8 Å². The van der Waals surface area contributed by atoms with Crippen LogP contribution in [0.5, 0.6) is 0 Å². The quantitative estimate of drug-likeness (QED) is 0.568. The Bertz CT molecular complexity index is 1350. The minimum absolute atomic E-state index is 0.0681. The van der Waals surface area contributed by atoms with E-state index in [2.05, 4.69) is 4.98 Å². The summed E-state index contributed by atoms with van der Waals surface area (Å²) >= 11 is 0. The van der Waals surface area contributed by atoms with Crippen molar-refractivity contribution < 1.29 is 22.7 Å². The molecule has 1 N–H and O–H groups in total. The second kappa shape index (κ2) is 6.42. The highest BCUT2D eigenvalue weighted by Gasteiger charge is 2.27. The fraction of sp³-hybridized carbons (Fsp3) is 0.100. The lowest BCUT2D eigenvalue weighted by Gasteiger charge is -2.12. The van der Waals surface area contributed by atoms with Crippen LogP contribution in [0.1, 0.15) is 11.3 Å². The summed E-state index contributed by atoms with van der Waals surface area (Å²) in [7, 11) is -4.08. The molecule has 142 valence electrons. The fourth-order valence-corrected chi connectivity index (χ4v) is 5.33. The summed E-state index contributed by atoms with van der Waals surface area (Å²) in [5.74, 6) is -1.69. The summed E-state index contributed by atoms with van der Waals surface area (Å²) in [6.07, 6.45) is 2.67. The molecule has 28 heavy (non-hydrogen) atoms. The average molecular weight is 398 g/mol. The van der Waals surface area contributed by atoms with E-state index in [1.165, 1.54) is 31.3 Å². The molecule has 0 radical (unpaired) electrons. The molecule has 6 nitrogen and oxygen atoms in total. The fourth-order valence-electron chi connectivity index (χ4n) is 3.53. The number of pyridine rings is 1. The van der Waals surface area contributed by atoms with Crippen LogP contribution in [0.2, 0.25) is 0 Å². The van der Waals surface area contributed by atoms with E-state index in [1.807, 2.05) is 0 Å². The maximum atomic E-state index is 13.8. The number of carboxylic acids is 1. The van der Waals surface area contributed by atoms with Crippen molar-refractivity contribution >= 4 is 37.7 Å². The molecule has 0 aliphatic carbocycles. The molecular formula is C20H15FN2O4S. The summed E-state index contributed by atoms with van der Waals surface area (Å²) in [6.45, 7) is 1.53. The number of halogens is 1. The first-order chi connectivity index (χ1) is 13.3. The van der Waals surface area contributed by atoms with Crippen LogP contribution in [0.25, 0.3) is 21.7 Å². The Balaban J connectivity index is 2.08. The Hall–Kier alpha value is -3.26. The first-order valence-electron chi connectivity index (χ1n) is 8.40. The van der Waals surface area contributed by atoms with Gasteiger partial charge in [-0.1, -0.05) is 12.1 Å². The van der Waals surface area contributed by atoms with Crippen molar-refractivity contribution in [2.45, 2.75) is 18.2 Å². The van der Waals surface area contributed by atoms with Gasteiger partial charge in [0.05, 0.1) is 16.8 Å². The van der Waals surface area contributed by atoms with Crippen molar-refractivity contribution in [3.8, 4) is 0 Å². The first-order valence-corrected chi connectivity index (χ1v) is 9.84. The van der Waals surface area contributed by atoms with Gasteiger partial charge >= 0.3 is 5.97 Å². The minimum Gasteiger partial charge on any atom is -0.481 e. The van der Waals surface area contributed by atoms with Crippen molar-refractivity contribution in [3.05, 3.63) is 71.9 Å². The Morgan fingerprint density at radius 2 is 1.96 bits per heavy atom. The third kappa shape index (κ3) is 2.73. The zero-order valence-corrected chi connectivity index (χ0v) is 15.6. The lowest BCUT2D eigenvalue weighted by atomic mass is 10.1. The van der Waals surface area contributed by atoms with Crippen molar-refractivity contribution in [2.24, 2.45) is 0 Å². The molecule has 2 heterocycles. The number of hydrogen-bond donors (Lipinski definition) is 1. The Morgan fingerprint density at radius 1 is 1.18 bits per heavy atom. The molecule has 0 unspecified atom stereocenters. The van der Waals surface area contributed by atoms with Gasteiger partial charge in [-0.2, -0.15) is 0 Å². The third-order valence-electron chi connectivity index (χ3n) is 4.73. The molecule has 4 rings (SSSR count). The molecule has 0 aliphatic heterocycles. The van der Waals surface area contributed by atoms with Crippen LogP contribution in [0.4, 0.5) is 4.39 Å². The molecule has 0 amide bonds. The molecule has 2 aromatic heterocycles. The van der Waals surface area contributed by atoms with E-state index in [0.29, 0.717) is 10.8 Å². The van der Waals surface area contributed by atoms with Crippen LogP contribution in [-0.2, 0) is 21.2 Å². The molecule has 0 fully saturated rings. The molecule has 8 heteroatoms. The topological polar surface area (TPSA) is 89.3 Å². The van der Waals surface area contributed by atoms with Crippen LogP contribution < -0.4 is 0 Å². The van der Waals surface area contributed by atoms with Crippen LogP contribution in [-0.4, -0.2) is 28.5 Å². The molecule has 0 saturated heterocycles. The van der Waals surface area contributed by atoms with Gasteiger partial charge in [0.2, 0.25) is 0 Å². The van der Waals surface area contributed by atoms with Crippen molar-refractivity contribution in [3.63, 3.8) is 0 Å². The zero-order valence-electron chi connectivity index (χ0n) is 14.8. The molecule has 4 aromatic rings. The highest BCUT2D eigenvalue weighted by atomic mass is 32.2. The minimum atomic E-state index is -4.08. The number of aliphatic carboxylic acids is 1. The number of hydrogen-bond acceptors (Lipinski definition) is 4. The van der Waals surface area contributed by atoms with E-state index in [0.717, 1.165) is 10.0 Å². The summed E-state index contributed by atoms with van der Waals surface area (Å²) in [5, 5.41) is 10.7. The Morgan fingerprint density at radius 3 is 2.71 bits per heavy atom. The molecule has 0 bridgehead atoms. The van der Waals surface area contributed by atoms with E-state index in [-0.39, 0.29) is 27.1 Å². The van der Waals surface area contributed by atoms with Crippen molar-refractivity contribution in [2.75, 3.05) is 0 Å². The standard InChI is InChI=1S/C20H15FN2O4S/c1-12-16(10-20(24)25)17-9-14(21)5-6-18(17)23(12)28(26,27)19-4-2-3-13-11-22-8-7-15(13)19/h2-9,11H,10H2,1H3,(H,24,25). The Kier molecular flexibility index (Phi) is 4.15. The van der Waals surface area contributed by atoms with Gasteiger partial charge in [0.25, 0.3) is 10.0 Å². The maximum Gasteiger partial charge on any atom is 0.307 e. The van der Waals surface area contributed by atoms with Gasteiger partial charge in [-0.3, -0.25) is 9.78 Å². The third-order valence-corrected chi connectivity index (χ3v) is 6.59. The van der Waals surface area contributed by atoms with Gasteiger partial charge in [-0.15, -0.1) is 0 Å². The number of aromatic nitrogens is 2. The van der Waals surface area contributed by atoms with Crippen LogP contribution in [0.15, 0.2) is 59.8 Å². The number of carboxylic acid groups (broad SMARTS) is 1. The molecular weight excluding hydrogens is 383 g/mol. The smallest absolute Gasteiger partial charge is 0.307 e. The summed E-state index contributed by atoms with van der Waals surface area (Å²) in [5.41, 5.74) is 0.753. The van der Waals surface area contributed by atoms with E-state index < -0.39 is 28.2 Å². The van der Waals surface area contributed by atoms with Gasteiger partial charge in [-0.05, 0) is 42.8 Å². The number of nitrogens with zero attached hydrogens (tertiary/aromatic N) is 2. The van der Waals surface area contributed by atoms with Gasteiger partial charge in [0, 0.05) is 34.2 Å². The lowest BCUT2D eigenvalue weighted by molar-refractivity contribution is -0.136. The molecule has 0 aliphatic rings. The molecule has 2 aromatic carbocycles. The Labute approximate surface area is 159 Å². The summed E-state index contributed by atoms with van der Waals surface area (Å²) < 4.78 is 42.0. The number of rotatable bonds is 4. The average Bonchev–Trinajstić information content (AvgIpc) is 2.92. The van der Waals surface area contributed by atoms with Crippen LogP contribution in [0.3, 0.4) is 0 Å². The zero-order chi connectivity index (χ0) is 20.1. The largest absolute Gasteiger partial charge is 0.481 e. The number of fused-ring (bicyclic) bond motifs is 2. The lowest BCUT2D eigenvalue weighted by Crippen LogP contribution is -2.15. The highest BCUT2D eigenvalue weighted by molar-refractivity contribution is 7.90. The SMILES string of the molecule is Cc1c(CC(=O)O)c2cc(F)ccc2n1S(=O)(=O)c1cccc2cnccc12. The predicted molar refractivity (Wildman–Crippen MR) is 102 cm³/mol. The first kappa shape index (κ1) is 18.1. The van der Waals surface area contributed by atoms with Gasteiger partial charge < -0.3 is 5.11 Å². The van der Waals surface area contributed by atoms with Crippen LogP contribution in [0, 0.1) is 12.7 Å². The number of carbonyl (C=O) groups is 1. The maximum absolute atomic E-state index is 13.8. The van der Waals surface area contributed by atoms with E-state index in [4.69, 9.17) is 0 Å². The van der Waals surface area contributed by atoms with E-state index in [9.17, 15) is 22.7 Å². The van der Waals surface area contributed by atoms with Crippen molar-refractivity contribution in [1.29, 1.82) is 0 Å². The normalized spacial score (nSPS) is 11.9. The molecule has 0 spiro atoms. The highest BCUT2D eigenvalue weighted by Crippen LogP contribution is 2.33. The molecule has 0 atom stereocenters. The second-order valence-electron chi connectivity index (χ2n) is 6.42. The second-order valence-corrected chi connectivity index (χ2v) is 8.17. The van der Waals surface area contributed by atoms with E-state index in [1.54, 1.807) is 24.4 Å². The molecule has 0 saturated carbocycles.